The van der Waals surface area contributed by atoms with Crippen LogP contribution in [0, 0.1) is 0 Å². The smallest absolute Gasteiger partial charge is 0.264 e. The van der Waals surface area contributed by atoms with E-state index < -0.39 is 34.4 Å². The number of halogens is 2. The number of amides is 2. The van der Waals surface area contributed by atoms with Gasteiger partial charge in [-0.15, -0.1) is 0 Å². The van der Waals surface area contributed by atoms with E-state index in [0.717, 1.165) is 9.87 Å². The van der Waals surface area contributed by atoms with Crippen molar-refractivity contribution >= 4 is 50.7 Å². The monoisotopic (exact) mass is 697 g/mol. The lowest BCUT2D eigenvalue weighted by atomic mass is 10.0. The molecule has 0 aliphatic carbocycles. The van der Waals surface area contributed by atoms with Crippen molar-refractivity contribution < 1.29 is 27.5 Å². The highest BCUT2D eigenvalue weighted by Crippen LogP contribution is 2.33. The zero-order chi connectivity index (χ0) is 34.1. The molecule has 0 spiro atoms. The van der Waals surface area contributed by atoms with E-state index in [2.05, 4.69) is 5.32 Å². The van der Waals surface area contributed by atoms with Crippen LogP contribution in [0.2, 0.25) is 10.0 Å². The van der Waals surface area contributed by atoms with Gasteiger partial charge in [-0.3, -0.25) is 13.9 Å². The normalized spacial score (nSPS) is 11.9. The lowest BCUT2D eigenvalue weighted by Crippen LogP contribution is -2.54. The molecule has 4 aromatic carbocycles. The Morgan fingerprint density at radius 1 is 0.830 bits per heavy atom. The van der Waals surface area contributed by atoms with E-state index >= 15 is 0 Å². The third-order valence-corrected chi connectivity index (χ3v) is 9.68. The van der Waals surface area contributed by atoms with Crippen LogP contribution in [0.25, 0.3) is 0 Å². The van der Waals surface area contributed by atoms with Gasteiger partial charge in [-0.2, -0.15) is 0 Å². The molecule has 0 heterocycles. The highest BCUT2D eigenvalue weighted by atomic mass is 35.5. The van der Waals surface area contributed by atoms with Crippen LogP contribution in [0.1, 0.15) is 25.0 Å². The molecule has 2 amide bonds. The number of benzene rings is 4. The van der Waals surface area contributed by atoms with Crippen molar-refractivity contribution in [3.8, 4) is 11.5 Å². The molecular formula is C35H37Cl2N3O6S. The van der Waals surface area contributed by atoms with Crippen LogP contribution in [0.15, 0.2) is 102 Å². The number of anilines is 1. The Morgan fingerprint density at radius 3 is 2.06 bits per heavy atom. The fourth-order valence-electron chi connectivity index (χ4n) is 5.00. The fraction of sp³-hybridized carbons (Fsp3) is 0.257. The van der Waals surface area contributed by atoms with E-state index in [4.69, 9.17) is 32.7 Å². The Labute approximate surface area is 286 Å². The first-order chi connectivity index (χ1) is 22.4. The fourth-order valence-corrected chi connectivity index (χ4v) is 6.89. The second-order valence-electron chi connectivity index (χ2n) is 11.0. The summed E-state index contributed by atoms with van der Waals surface area (Å²) in [5.41, 5.74) is 1.61. The number of nitrogens with one attached hydrogen (secondary N) is 1. The van der Waals surface area contributed by atoms with Gasteiger partial charge in [0.2, 0.25) is 11.8 Å². The van der Waals surface area contributed by atoms with E-state index in [1.807, 2.05) is 44.2 Å². The maximum absolute atomic E-state index is 14.6. The Morgan fingerprint density at radius 2 is 1.47 bits per heavy atom. The van der Waals surface area contributed by atoms with E-state index in [0.29, 0.717) is 21.4 Å². The van der Waals surface area contributed by atoms with Gasteiger partial charge < -0.3 is 19.7 Å². The number of hydrogen-bond acceptors (Lipinski definition) is 6. The van der Waals surface area contributed by atoms with Crippen molar-refractivity contribution in [2.45, 2.75) is 43.8 Å². The predicted octanol–water partition coefficient (Wildman–Crippen LogP) is 6.37. The number of nitrogens with zero attached hydrogens (tertiary/aromatic N) is 2. The molecule has 0 bridgehead atoms. The molecule has 0 unspecified atom stereocenters. The van der Waals surface area contributed by atoms with Gasteiger partial charge in [-0.25, -0.2) is 8.42 Å². The SMILES string of the molecule is COc1ccc(S(=O)(=O)N(CC(=O)N(Cc2ccc(Cl)cc2Cl)[C@@H](Cc2ccccc2)C(=O)NC(C)C)c2ccccc2)cc1OC. The summed E-state index contributed by atoms with van der Waals surface area (Å²) in [5.74, 6) is -0.458. The first-order valence-corrected chi connectivity index (χ1v) is 17.0. The summed E-state index contributed by atoms with van der Waals surface area (Å²) in [7, 11) is -1.49. The molecule has 0 fully saturated rings. The molecule has 0 aliphatic rings. The van der Waals surface area contributed by atoms with Crippen molar-refractivity contribution in [3.05, 3.63) is 118 Å². The Kier molecular flexibility index (Phi) is 12.1. The second kappa shape index (κ2) is 16.0. The quantitative estimate of drug-likeness (QED) is 0.164. The molecule has 9 nitrogen and oxygen atoms in total. The van der Waals surface area contributed by atoms with E-state index in [1.54, 1.807) is 48.5 Å². The average molecular weight is 699 g/mol. The number of methoxy groups -OCH3 is 2. The number of carbonyl (C=O) groups is 2. The standard InChI is InChI=1S/C35H37Cl2N3O6S/c1-24(2)38-35(42)31(19-25-11-7-5-8-12-25)39(22-26-15-16-27(36)20-30(26)37)34(41)23-40(28-13-9-6-10-14-28)47(43,44)29-17-18-32(45-3)33(21-29)46-4/h5-18,20-21,24,31H,19,22-23H2,1-4H3,(H,38,42)/t31-/m0/s1. The minimum Gasteiger partial charge on any atom is -0.493 e. The van der Waals surface area contributed by atoms with E-state index in [1.165, 1.54) is 37.3 Å². The minimum absolute atomic E-state index is 0.0864. The summed E-state index contributed by atoms with van der Waals surface area (Å²) in [4.78, 5) is 29.6. The topological polar surface area (TPSA) is 105 Å². The maximum Gasteiger partial charge on any atom is 0.264 e. The number of hydrogen-bond donors (Lipinski definition) is 1. The summed E-state index contributed by atoms with van der Waals surface area (Å²) in [6.45, 7) is 2.95. The first-order valence-electron chi connectivity index (χ1n) is 14.8. The van der Waals surface area contributed by atoms with Gasteiger partial charge >= 0.3 is 0 Å². The van der Waals surface area contributed by atoms with Crippen molar-refractivity contribution in [1.29, 1.82) is 0 Å². The van der Waals surface area contributed by atoms with Crippen LogP contribution in [-0.2, 0) is 32.6 Å². The molecule has 1 atom stereocenters. The molecule has 0 radical (unpaired) electrons. The lowest BCUT2D eigenvalue weighted by Gasteiger charge is -2.34. The molecule has 47 heavy (non-hydrogen) atoms. The molecule has 0 aromatic heterocycles. The summed E-state index contributed by atoms with van der Waals surface area (Å²) in [6, 6.07) is 25.4. The molecule has 1 N–H and O–H groups in total. The van der Waals surface area contributed by atoms with Gasteiger partial charge in [0.25, 0.3) is 10.0 Å². The summed E-state index contributed by atoms with van der Waals surface area (Å²) >= 11 is 12.7. The van der Waals surface area contributed by atoms with Gasteiger partial charge in [-0.1, -0.05) is 77.8 Å². The largest absolute Gasteiger partial charge is 0.493 e. The van der Waals surface area contributed by atoms with Crippen molar-refractivity contribution in [1.82, 2.24) is 10.2 Å². The third-order valence-electron chi connectivity index (χ3n) is 7.32. The predicted molar refractivity (Wildman–Crippen MR) is 185 cm³/mol. The van der Waals surface area contributed by atoms with Crippen LogP contribution in [0.5, 0.6) is 11.5 Å². The van der Waals surface area contributed by atoms with E-state index in [9.17, 15) is 18.0 Å². The zero-order valence-corrected chi connectivity index (χ0v) is 28.9. The van der Waals surface area contributed by atoms with Crippen LogP contribution in [-0.4, -0.2) is 58.0 Å². The first kappa shape index (κ1) is 35.6. The lowest BCUT2D eigenvalue weighted by molar-refractivity contribution is -0.140. The summed E-state index contributed by atoms with van der Waals surface area (Å²) in [6.07, 6.45) is 0.171. The average Bonchev–Trinajstić information content (AvgIpc) is 3.06. The molecule has 0 saturated heterocycles. The number of sulfonamides is 1. The second-order valence-corrected chi connectivity index (χ2v) is 13.7. The number of rotatable bonds is 14. The molecule has 0 aliphatic heterocycles. The van der Waals surface area contributed by atoms with Crippen molar-refractivity contribution in [2.75, 3.05) is 25.1 Å². The molecule has 12 heteroatoms. The molecule has 248 valence electrons. The Balaban J connectivity index is 1.83. The van der Waals surface area contributed by atoms with Gasteiger partial charge in [-0.05, 0) is 61.4 Å². The maximum atomic E-state index is 14.6. The van der Waals surface area contributed by atoms with Crippen LogP contribution in [0.4, 0.5) is 5.69 Å². The van der Waals surface area contributed by atoms with Gasteiger partial charge in [0.1, 0.15) is 12.6 Å². The number of carbonyl (C=O) groups excluding carboxylic acids is 2. The van der Waals surface area contributed by atoms with Gasteiger partial charge in [0.15, 0.2) is 11.5 Å². The highest BCUT2D eigenvalue weighted by molar-refractivity contribution is 7.92. The van der Waals surface area contributed by atoms with Gasteiger partial charge in [0.05, 0.1) is 24.8 Å². The van der Waals surface area contributed by atoms with Crippen LogP contribution in [0.3, 0.4) is 0 Å². The van der Waals surface area contributed by atoms with E-state index in [-0.39, 0.29) is 35.3 Å². The summed E-state index contributed by atoms with van der Waals surface area (Å²) < 4.78 is 40.3. The van der Waals surface area contributed by atoms with Crippen molar-refractivity contribution in [2.24, 2.45) is 0 Å². The Bertz CT molecular complexity index is 1790. The van der Waals surface area contributed by atoms with Crippen LogP contribution < -0.4 is 19.1 Å². The molecule has 0 saturated carbocycles. The zero-order valence-electron chi connectivity index (χ0n) is 26.5. The Hall–Kier alpha value is -4.25. The van der Waals surface area contributed by atoms with Crippen molar-refractivity contribution in [3.63, 3.8) is 0 Å². The van der Waals surface area contributed by atoms with Gasteiger partial charge in [0, 0.05) is 35.1 Å². The molecular weight excluding hydrogens is 661 g/mol. The number of para-hydroxylation sites is 1. The molecule has 4 aromatic rings. The third kappa shape index (κ3) is 8.97. The van der Waals surface area contributed by atoms with Crippen LogP contribution >= 0.6 is 23.2 Å². The highest BCUT2D eigenvalue weighted by Gasteiger charge is 2.35. The number of ether oxygens (including phenoxy) is 2. The molecule has 4 rings (SSSR count). The minimum atomic E-state index is -4.34. The summed E-state index contributed by atoms with van der Waals surface area (Å²) in [5, 5.41) is 3.64.